The smallest absolute Gasteiger partial charge is 0.251 e. The van der Waals surface area contributed by atoms with E-state index in [0.717, 1.165) is 25.1 Å². The second kappa shape index (κ2) is 9.93. The molecular weight excluding hydrogens is 535 g/mol. The van der Waals surface area contributed by atoms with Gasteiger partial charge < -0.3 is 10.4 Å². The van der Waals surface area contributed by atoms with Crippen LogP contribution in [0.25, 0.3) is 0 Å². The molecule has 2 aromatic carbocycles. The van der Waals surface area contributed by atoms with E-state index in [1.54, 1.807) is 17.4 Å². The third-order valence-corrected chi connectivity index (χ3v) is 7.91. The molecular formula is C23H19BrCl2N2O3S. The van der Waals surface area contributed by atoms with Crippen LogP contribution in [0.3, 0.4) is 0 Å². The third-order valence-electron chi connectivity index (χ3n) is 5.54. The zero-order valence-electron chi connectivity index (χ0n) is 16.8. The van der Waals surface area contributed by atoms with Gasteiger partial charge in [0.05, 0.1) is 26.1 Å². The van der Waals surface area contributed by atoms with Crippen molar-refractivity contribution in [2.75, 3.05) is 13.1 Å². The molecule has 0 saturated carbocycles. The highest BCUT2D eigenvalue weighted by molar-refractivity contribution is 9.10. The maximum Gasteiger partial charge on any atom is 0.251 e. The minimum absolute atomic E-state index is 0.0478. The lowest BCUT2D eigenvalue weighted by Gasteiger charge is -2.35. The van der Waals surface area contributed by atoms with Gasteiger partial charge in [-0.05, 0) is 69.2 Å². The fraction of sp³-hybridized carbons (Fsp3) is 0.217. The number of nitrogens with zero attached hydrogens (tertiary/aromatic N) is 1. The highest BCUT2D eigenvalue weighted by Gasteiger charge is 2.27. The Morgan fingerprint density at radius 1 is 1.25 bits per heavy atom. The lowest BCUT2D eigenvalue weighted by molar-refractivity contribution is 0.0928. The molecule has 1 amide bonds. The third kappa shape index (κ3) is 4.87. The van der Waals surface area contributed by atoms with Crippen LogP contribution in [0.4, 0.5) is 0 Å². The normalized spacial score (nSPS) is 14.6. The van der Waals surface area contributed by atoms with Crippen molar-refractivity contribution in [3.8, 4) is 5.75 Å². The van der Waals surface area contributed by atoms with Crippen molar-refractivity contribution in [1.82, 2.24) is 10.2 Å². The Balaban J connectivity index is 1.58. The van der Waals surface area contributed by atoms with Crippen LogP contribution >= 0.6 is 50.5 Å². The van der Waals surface area contributed by atoms with Gasteiger partial charge >= 0.3 is 0 Å². The number of amides is 1. The molecule has 166 valence electrons. The zero-order valence-corrected chi connectivity index (χ0v) is 20.7. The van der Waals surface area contributed by atoms with Crippen molar-refractivity contribution in [3.05, 3.63) is 83.4 Å². The highest BCUT2D eigenvalue weighted by atomic mass is 79.9. The van der Waals surface area contributed by atoms with Crippen molar-refractivity contribution < 1.29 is 14.7 Å². The summed E-state index contributed by atoms with van der Waals surface area (Å²) in [5, 5.41) is 15.9. The van der Waals surface area contributed by atoms with Crippen LogP contribution in [-0.2, 0) is 13.0 Å². The van der Waals surface area contributed by atoms with Crippen molar-refractivity contribution in [2.45, 2.75) is 19.0 Å². The average molecular weight is 554 g/mol. The topological polar surface area (TPSA) is 69.6 Å². The fourth-order valence-corrected chi connectivity index (χ4v) is 5.52. The second-order valence-corrected chi connectivity index (χ2v) is 10.2. The summed E-state index contributed by atoms with van der Waals surface area (Å²) in [4.78, 5) is 27.8. The number of benzene rings is 2. The molecule has 1 atom stereocenters. The summed E-state index contributed by atoms with van der Waals surface area (Å²) < 4.78 is 0.286. The van der Waals surface area contributed by atoms with Crippen LogP contribution in [0.2, 0.25) is 10.0 Å². The Bertz CT molecular complexity index is 1180. The molecule has 1 aromatic heterocycles. The Morgan fingerprint density at radius 3 is 2.81 bits per heavy atom. The number of hydrogen-bond acceptors (Lipinski definition) is 5. The molecule has 0 bridgehead atoms. The van der Waals surface area contributed by atoms with Gasteiger partial charge in [-0.25, -0.2) is 0 Å². The van der Waals surface area contributed by atoms with E-state index in [-0.39, 0.29) is 33.3 Å². The first-order valence-corrected chi connectivity index (χ1v) is 12.3. The van der Waals surface area contributed by atoms with Crippen LogP contribution in [0, 0.1) is 0 Å². The number of halogens is 3. The monoisotopic (exact) mass is 552 g/mol. The predicted octanol–water partition coefficient (Wildman–Crippen LogP) is 5.86. The summed E-state index contributed by atoms with van der Waals surface area (Å²) in [6.45, 7) is 1.97. The Labute approximate surface area is 208 Å². The Morgan fingerprint density at radius 2 is 2.06 bits per heavy atom. The van der Waals surface area contributed by atoms with Crippen molar-refractivity contribution in [2.24, 2.45) is 0 Å². The number of aromatic hydroxyl groups is 1. The standard InChI is InChI=1S/C23H19BrCl2N2O3S/c24-17-8-15(7-16(12-29)22(17)30)23(31)27-10-20(13-1-2-18(25)19(26)9-13)28-5-3-21-14(11-28)4-6-32-21/h1-2,4,6-9,12,20,30H,3,5,10-11H2,(H,27,31). The van der Waals surface area contributed by atoms with E-state index < -0.39 is 0 Å². The molecule has 32 heavy (non-hydrogen) atoms. The number of carbonyl (C=O) groups is 2. The number of fused-ring (bicyclic) bond motifs is 1. The summed E-state index contributed by atoms with van der Waals surface area (Å²) >= 11 is 17.4. The lowest BCUT2D eigenvalue weighted by Crippen LogP contribution is -2.40. The van der Waals surface area contributed by atoms with Gasteiger partial charge in [0, 0.05) is 30.1 Å². The molecule has 5 nitrogen and oxygen atoms in total. The van der Waals surface area contributed by atoms with Gasteiger partial charge in [0.1, 0.15) is 5.75 Å². The minimum atomic E-state index is -0.341. The van der Waals surface area contributed by atoms with Gasteiger partial charge in [-0.1, -0.05) is 29.3 Å². The van der Waals surface area contributed by atoms with Crippen LogP contribution in [0.15, 0.2) is 46.3 Å². The van der Waals surface area contributed by atoms with Crippen LogP contribution in [-0.4, -0.2) is 35.3 Å². The molecule has 4 rings (SSSR count). The molecule has 0 radical (unpaired) electrons. The maximum atomic E-state index is 12.9. The van der Waals surface area contributed by atoms with Gasteiger partial charge in [-0.2, -0.15) is 0 Å². The molecule has 2 heterocycles. The molecule has 0 saturated heterocycles. The fourth-order valence-electron chi connectivity index (χ4n) is 3.85. The van der Waals surface area contributed by atoms with Crippen molar-refractivity contribution in [1.29, 1.82) is 0 Å². The van der Waals surface area contributed by atoms with Gasteiger partial charge in [0.25, 0.3) is 5.91 Å². The largest absolute Gasteiger partial charge is 0.506 e. The summed E-state index contributed by atoms with van der Waals surface area (Å²) in [5.41, 5.74) is 2.59. The van der Waals surface area contributed by atoms with Crippen molar-refractivity contribution >= 4 is 62.7 Å². The van der Waals surface area contributed by atoms with Crippen molar-refractivity contribution in [3.63, 3.8) is 0 Å². The quantitative estimate of drug-likeness (QED) is 0.375. The van der Waals surface area contributed by atoms with E-state index in [2.05, 4.69) is 37.6 Å². The summed E-state index contributed by atoms with van der Waals surface area (Å²) in [6.07, 6.45) is 1.47. The van der Waals surface area contributed by atoms with Crippen LogP contribution in [0.1, 0.15) is 42.8 Å². The molecule has 0 spiro atoms. The highest BCUT2D eigenvalue weighted by Crippen LogP contribution is 2.33. The molecule has 1 aliphatic heterocycles. The number of hydrogen-bond donors (Lipinski definition) is 2. The number of nitrogens with one attached hydrogen (secondary N) is 1. The molecule has 1 aliphatic rings. The summed E-state index contributed by atoms with van der Waals surface area (Å²) in [6, 6.07) is 10.4. The molecule has 0 fully saturated rings. The zero-order chi connectivity index (χ0) is 22.8. The van der Waals surface area contributed by atoms with Gasteiger partial charge in [-0.3, -0.25) is 14.5 Å². The van der Waals surface area contributed by atoms with E-state index >= 15 is 0 Å². The van der Waals surface area contributed by atoms with Crippen LogP contribution < -0.4 is 5.32 Å². The SMILES string of the molecule is O=Cc1cc(C(=O)NCC(c2ccc(Cl)c(Cl)c2)N2CCc3sccc3C2)cc(Br)c1O. The summed E-state index contributed by atoms with van der Waals surface area (Å²) in [5.74, 6) is -0.530. The maximum absolute atomic E-state index is 12.9. The number of phenols is 1. The van der Waals surface area contributed by atoms with E-state index in [0.29, 0.717) is 22.9 Å². The van der Waals surface area contributed by atoms with E-state index in [9.17, 15) is 14.7 Å². The first-order chi connectivity index (χ1) is 15.4. The Kier molecular flexibility index (Phi) is 7.22. The Hall–Kier alpha value is -1.90. The number of phenolic OH excluding ortho intramolecular Hbond substituents is 1. The second-order valence-electron chi connectivity index (χ2n) is 7.50. The summed E-state index contributed by atoms with van der Waals surface area (Å²) in [7, 11) is 0. The predicted molar refractivity (Wildman–Crippen MR) is 131 cm³/mol. The molecule has 9 heteroatoms. The van der Waals surface area contributed by atoms with Crippen LogP contribution in [0.5, 0.6) is 5.75 Å². The number of aldehydes is 1. The van der Waals surface area contributed by atoms with E-state index in [1.807, 2.05) is 12.1 Å². The van der Waals surface area contributed by atoms with Gasteiger partial charge in [0.15, 0.2) is 6.29 Å². The van der Waals surface area contributed by atoms with Gasteiger partial charge in [-0.15, -0.1) is 11.3 Å². The number of rotatable bonds is 6. The lowest BCUT2D eigenvalue weighted by atomic mass is 10.0. The molecule has 2 N–H and O–H groups in total. The minimum Gasteiger partial charge on any atom is -0.506 e. The first-order valence-electron chi connectivity index (χ1n) is 9.87. The molecule has 1 unspecified atom stereocenters. The number of thiophene rings is 1. The van der Waals surface area contributed by atoms with Gasteiger partial charge in [0.2, 0.25) is 0 Å². The molecule has 3 aromatic rings. The molecule has 0 aliphatic carbocycles. The number of carbonyl (C=O) groups excluding carboxylic acids is 2. The van der Waals surface area contributed by atoms with E-state index in [4.69, 9.17) is 23.2 Å². The average Bonchev–Trinajstić information content (AvgIpc) is 3.26. The first kappa shape index (κ1) is 23.3. The van der Waals surface area contributed by atoms with E-state index in [1.165, 1.54) is 22.6 Å².